The largest absolute Gasteiger partial charge is 0.477 e. The van der Waals surface area contributed by atoms with Gasteiger partial charge < -0.3 is 9.63 Å². The molecule has 0 radical (unpaired) electrons. The minimum atomic E-state index is -0.972. The highest BCUT2D eigenvalue weighted by Gasteiger charge is 2.17. The summed E-state index contributed by atoms with van der Waals surface area (Å²) in [7, 11) is 0. The molecule has 0 aromatic carbocycles. The van der Waals surface area contributed by atoms with Gasteiger partial charge in [-0.25, -0.2) is 14.3 Å². The zero-order valence-electron chi connectivity index (χ0n) is 12.8. The second-order valence-corrected chi connectivity index (χ2v) is 6.37. The minimum absolute atomic E-state index is 0.212. The fourth-order valence-electron chi connectivity index (χ4n) is 2.68. The molecular weight excluding hydrogens is 328 g/mol. The molecule has 4 heterocycles. The van der Waals surface area contributed by atoms with E-state index in [1.165, 1.54) is 6.20 Å². The van der Waals surface area contributed by atoms with Crippen LogP contribution in [0.25, 0.3) is 27.2 Å². The maximum atomic E-state index is 11.0. The number of hydrogen-bond acceptors (Lipinski definition) is 6. The number of carbonyl (C=O) groups is 1. The average Bonchev–Trinajstić information content (AvgIpc) is 3.26. The molecule has 0 aliphatic heterocycles. The Morgan fingerprint density at radius 1 is 1.33 bits per heavy atom. The number of pyridine rings is 1. The lowest BCUT2D eigenvalue weighted by Crippen LogP contribution is -1.89. The van der Waals surface area contributed by atoms with Crippen LogP contribution < -0.4 is 0 Å². The number of aromatic nitrogens is 4. The molecule has 0 atom stereocenters. The topological polar surface area (TPSA) is 93.5 Å². The Bertz CT molecular complexity index is 1060. The first-order chi connectivity index (χ1) is 11.5. The van der Waals surface area contributed by atoms with Gasteiger partial charge in [0.25, 0.3) is 0 Å². The van der Waals surface area contributed by atoms with Crippen molar-refractivity contribution in [3.05, 3.63) is 47.1 Å². The molecule has 4 rings (SSSR count). The molecule has 0 bridgehead atoms. The molecular formula is C16H12N4O3S. The quantitative estimate of drug-likeness (QED) is 0.614. The lowest BCUT2D eigenvalue weighted by atomic mass is 10.1. The molecule has 0 amide bonds. The van der Waals surface area contributed by atoms with E-state index in [9.17, 15) is 4.79 Å². The van der Waals surface area contributed by atoms with E-state index in [-0.39, 0.29) is 4.88 Å². The van der Waals surface area contributed by atoms with Gasteiger partial charge >= 0.3 is 5.97 Å². The van der Waals surface area contributed by atoms with Gasteiger partial charge in [0.15, 0.2) is 0 Å². The average molecular weight is 340 g/mol. The normalized spacial score (nSPS) is 11.2. The number of thiazole rings is 1. The summed E-state index contributed by atoms with van der Waals surface area (Å²) in [6.07, 6.45) is 4.97. The molecule has 0 aliphatic carbocycles. The summed E-state index contributed by atoms with van der Waals surface area (Å²) >= 11 is 1.14. The smallest absolute Gasteiger partial charge is 0.347 e. The SMILES string of the molecule is Cc1noc(C)c1-c1cnn2ccc(-c3ncc(C(=O)O)s3)cc12. The Kier molecular flexibility index (Phi) is 3.20. The number of fused-ring (bicyclic) bond motifs is 1. The summed E-state index contributed by atoms with van der Waals surface area (Å²) in [5.74, 6) is -0.240. The van der Waals surface area contributed by atoms with Gasteiger partial charge in [0.1, 0.15) is 15.6 Å². The first kappa shape index (κ1) is 14.6. The van der Waals surface area contributed by atoms with Crippen molar-refractivity contribution in [1.29, 1.82) is 0 Å². The zero-order chi connectivity index (χ0) is 16.8. The number of hydrogen-bond donors (Lipinski definition) is 1. The number of carboxylic acids is 1. The van der Waals surface area contributed by atoms with Crippen molar-refractivity contribution in [2.45, 2.75) is 13.8 Å². The Morgan fingerprint density at radius 3 is 2.83 bits per heavy atom. The van der Waals surface area contributed by atoms with Crippen LogP contribution in [-0.2, 0) is 0 Å². The van der Waals surface area contributed by atoms with Gasteiger partial charge in [0.2, 0.25) is 0 Å². The molecule has 0 fully saturated rings. The maximum Gasteiger partial charge on any atom is 0.347 e. The Morgan fingerprint density at radius 2 is 2.17 bits per heavy atom. The van der Waals surface area contributed by atoms with E-state index in [0.29, 0.717) is 5.01 Å². The minimum Gasteiger partial charge on any atom is -0.477 e. The van der Waals surface area contributed by atoms with E-state index in [0.717, 1.165) is 45.0 Å². The molecule has 0 unspecified atom stereocenters. The summed E-state index contributed by atoms with van der Waals surface area (Å²) in [4.78, 5) is 15.5. The number of aromatic carboxylic acids is 1. The van der Waals surface area contributed by atoms with Crippen molar-refractivity contribution in [1.82, 2.24) is 19.8 Å². The molecule has 120 valence electrons. The fraction of sp³-hybridized carbons (Fsp3) is 0.125. The van der Waals surface area contributed by atoms with Crippen LogP contribution in [0.1, 0.15) is 21.1 Å². The van der Waals surface area contributed by atoms with Crippen LogP contribution >= 0.6 is 11.3 Å². The highest BCUT2D eigenvalue weighted by atomic mass is 32.1. The van der Waals surface area contributed by atoms with E-state index < -0.39 is 5.97 Å². The van der Waals surface area contributed by atoms with Crippen molar-refractivity contribution < 1.29 is 14.4 Å². The maximum absolute atomic E-state index is 11.0. The predicted molar refractivity (Wildman–Crippen MR) is 88.2 cm³/mol. The third-order valence-electron chi connectivity index (χ3n) is 3.79. The number of nitrogens with zero attached hydrogens (tertiary/aromatic N) is 4. The summed E-state index contributed by atoms with van der Waals surface area (Å²) in [6.45, 7) is 3.75. The molecule has 4 aromatic heterocycles. The molecule has 24 heavy (non-hydrogen) atoms. The van der Waals surface area contributed by atoms with Gasteiger partial charge in [-0.3, -0.25) is 0 Å². The van der Waals surface area contributed by atoms with Crippen LogP contribution in [-0.4, -0.2) is 30.8 Å². The van der Waals surface area contributed by atoms with E-state index >= 15 is 0 Å². The number of carboxylic acid groups (broad SMARTS) is 1. The van der Waals surface area contributed by atoms with E-state index in [1.54, 1.807) is 10.7 Å². The summed E-state index contributed by atoms with van der Waals surface area (Å²) in [5, 5.41) is 18.1. The standard InChI is InChI=1S/C16H12N4O3S/c1-8-14(9(2)23-19-8)11-6-18-20-4-3-10(5-12(11)20)15-17-7-13(24-15)16(21)22/h3-7H,1-2H3,(H,21,22). The highest BCUT2D eigenvalue weighted by Crippen LogP contribution is 2.33. The van der Waals surface area contributed by atoms with Gasteiger partial charge in [0.05, 0.1) is 29.2 Å². The molecule has 1 N–H and O–H groups in total. The van der Waals surface area contributed by atoms with E-state index in [1.807, 2.05) is 32.2 Å². The van der Waals surface area contributed by atoms with Crippen molar-refractivity contribution in [2.75, 3.05) is 0 Å². The monoisotopic (exact) mass is 340 g/mol. The molecule has 8 heteroatoms. The van der Waals surface area contributed by atoms with Gasteiger partial charge in [-0.15, -0.1) is 11.3 Å². The van der Waals surface area contributed by atoms with E-state index in [2.05, 4.69) is 15.2 Å². The molecule has 4 aromatic rings. The van der Waals surface area contributed by atoms with Crippen molar-refractivity contribution in [2.24, 2.45) is 0 Å². The lowest BCUT2D eigenvalue weighted by molar-refractivity contribution is 0.0702. The summed E-state index contributed by atoms with van der Waals surface area (Å²) in [6, 6.07) is 3.81. The zero-order valence-corrected chi connectivity index (χ0v) is 13.7. The van der Waals surface area contributed by atoms with Gasteiger partial charge in [0, 0.05) is 17.3 Å². The van der Waals surface area contributed by atoms with Crippen LogP contribution in [0.5, 0.6) is 0 Å². The first-order valence-electron chi connectivity index (χ1n) is 7.14. The third-order valence-corrected chi connectivity index (χ3v) is 4.82. The molecule has 0 spiro atoms. The van der Waals surface area contributed by atoms with Crippen LogP contribution in [0.2, 0.25) is 0 Å². The van der Waals surface area contributed by atoms with Crippen molar-refractivity contribution >= 4 is 22.8 Å². The molecule has 7 nitrogen and oxygen atoms in total. The molecule has 0 saturated heterocycles. The Hall–Kier alpha value is -3.00. The van der Waals surface area contributed by atoms with Crippen LogP contribution in [0.4, 0.5) is 0 Å². The fourth-order valence-corrected chi connectivity index (χ4v) is 3.43. The van der Waals surface area contributed by atoms with Gasteiger partial charge in [-0.1, -0.05) is 5.16 Å². The van der Waals surface area contributed by atoms with Crippen molar-refractivity contribution in [3.8, 4) is 21.7 Å². The predicted octanol–water partition coefficient (Wildman–Crippen LogP) is 3.43. The Labute approximate surface area is 140 Å². The Balaban J connectivity index is 1.88. The second kappa shape index (κ2) is 5.27. The van der Waals surface area contributed by atoms with Crippen LogP contribution in [0, 0.1) is 13.8 Å². The van der Waals surface area contributed by atoms with Crippen molar-refractivity contribution in [3.63, 3.8) is 0 Å². The molecule has 0 aliphatic rings. The van der Waals surface area contributed by atoms with Gasteiger partial charge in [-0.05, 0) is 26.0 Å². The van der Waals surface area contributed by atoms with Crippen LogP contribution in [0.15, 0.2) is 35.2 Å². The van der Waals surface area contributed by atoms with Gasteiger partial charge in [-0.2, -0.15) is 5.10 Å². The number of aryl methyl sites for hydroxylation is 2. The van der Waals surface area contributed by atoms with E-state index in [4.69, 9.17) is 9.63 Å². The lowest BCUT2D eigenvalue weighted by Gasteiger charge is -2.01. The molecule has 0 saturated carbocycles. The first-order valence-corrected chi connectivity index (χ1v) is 7.96. The summed E-state index contributed by atoms with van der Waals surface area (Å²) < 4.78 is 7.01. The second-order valence-electron chi connectivity index (χ2n) is 5.34. The highest BCUT2D eigenvalue weighted by molar-refractivity contribution is 7.16. The summed E-state index contributed by atoms with van der Waals surface area (Å²) in [5.41, 5.74) is 4.37. The number of rotatable bonds is 3. The van der Waals surface area contributed by atoms with Crippen LogP contribution in [0.3, 0.4) is 0 Å². The third kappa shape index (κ3) is 2.19.